The van der Waals surface area contributed by atoms with Gasteiger partial charge in [0.05, 0.1) is 0 Å². The summed E-state index contributed by atoms with van der Waals surface area (Å²) in [5, 5.41) is 39.7. The first-order chi connectivity index (χ1) is 15.9. The van der Waals surface area contributed by atoms with Gasteiger partial charge < -0.3 is 34.6 Å². The summed E-state index contributed by atoms with van der Waals surface area (Å²) in [6.45, 7) is 1.38. The van der Waals surface area contributed by atoms with Crippen LogP contribution in [0.15, 0.2) is 0 Å². The number of carbonyl (C=O) groups excluding carboxylic acids is 1. The Hall–Kier alpha value is -0.770. The summed E-state index contributed by atoms with van der Waals surface area (Å²) in [6.07, 6.45) is 12.1. The molecule has 1 rings (SSSR count). The van der Waals surface area contributed by atoms with Crippen LogP contribution in [0.2, 0.25) is 0 Å². The van der Waals surface area contributed by atoms with E-state index >= 15 is 0 Å². The third-order valence-electron chi connectivity index (χ3n) is 6.44. The maximum atomic E-state index is 12.2. The number of methoxy groups -OCH3 is 1. The average molecular weight is 477 g/mol. The highest BCUT2D eigenvalue weighted by atomic mass is 16.8. The summed E-state index contributed by atoms with van der Waals surface area (Å²) in [5.74, 6) is -2.80. The van der Waals surface area contributed by atoms with Crippen LogP contribution in [-0.2, 0) is 19.0 Å². The lowest BCUT2D eigenvalue weighted by atomic mass is 9.96. The van der Waals surface area contributed by atoms with Gasteiger partial charge in [0, 0.05) is 13.5 Å². The van der Waals surface area contributed by atoms with E-state index in [2.05, 4.69) is 6.92 Å². The number of aliphatic hydroxyl groups is 4. The van der Waals surface area contributed by atoms with E-state index in [0.717, 1.165) is 19.3 Å². The molecule has 1 fully saturated rings. The van der Waals surface area contributed by atoms with Gasteiger partial charge in [0.1, 0.15) is 18.8 Å². The van der Waals surface area contributed by atoms with Gasteiger partial charge in [0.25, 0.3) is 5.79 Å². The van der Waals surface area contributed by atoms with E-state index in [4.69, 9.17) is 14.2 Å². The molecule has 0 radical (unpaired) electrons. The Labute approximate surface area is 199 Å². The van der Waals surface area contributed by atoms with Crippen LogP contribution in [0.1, 0.15) is 110 Å². The molecule has 1 unspecified atom stereocenters. The van der Waals surface area contributed by atoms with Gasteiger partial charge in [-0.15, -0.1) is 0 Å². The van der Waals surface area contributed by atoms with Crippen molar-refractivity contribution in [2.45, 2.75) is 140 Å². The maximum absolute atomic E-state index is 12.2. The Morgan fingerprint density at radius 3 is 1.67 bits per heavy atom. The van der Waals surface area contributed by atoms with E-state index in [-0.39, 0.29) is 6.42 Å². The first-order valence-corrected chi connectivity index (χ1v) is 13.0. The van der Waals surface area contributed by atoms with Crippen molar-refractivity contribution >= 4 is 5.97 Å². The molecule has 0 bridgehead atoms. The Kier molecular flexibility index (Phi) is 16.2. The number of ether oxygens (including phenoxy) is 3. The predicted octanol–water partition coefficient (Wildman–Crippen LogP) is 3.57. The molecule has 0 aromatic rings. The first kappa shape index (κ1) is 30.3. The first-order valence-electron chi connectivity index (χ1n) is 13.0. The zero-order chi connectivity index (χ0) is 24.5. The fourth-order valence-electron chi connectivity index (χ4n) is 4.26. The second-order valence-corrected chi connectivity index (χ2v) is 9.29. The second kappa shape index (κ2) is 17.6. The van der Waals surface area contributed by atoms with E-state index in [9.17, 15) is 25.2 Å². The Bertz CT molecular complexity index is 501. The second-order valence-electron chi connectivity index (χ2n) is 9.29. The quantitative estimate of drug-likeness (QED) is 0.165. The molecule has 1 heterocycles. The molecular weight excluding hydrogens is 428 g/mol. The van der Waals surface area contributed by atoms with Crippen LogP contribution in [0.25, 0.3) is 0 Å². The molecule has 8 heteroatoms. The molecule has 1 saturated heterocycles. The van der Waals surface area contributed by atoms with Crippen LogP contribution < -0.4 is 0 Å². The van der Waals surface area contributed by atoms with Crippen LogP contribution >= 0.6 is 0 Å². The molecule has 0 aromatic heterocycles. The number of hydrogen-bond acceptors (Lipinski definition) is 8. The third-order valence-corrected chi connectivity index (χ3v) is 6.44. The summed E-state index contributed by atoms with van der Waals surface area (Å²) < 4.78 is 15.4. The number of esters is 1. The lowest BCUT2D eigenvalue weighted by Gasteiger charge is -2.46. The number of aliphatic hydroxyl groups excluding tert-OH is 4. The van der Waals surface area contributed by atoms with E-state index in [1.807, 2.05) is 0 Å². The number of rotatable bonds is 19. The standard InChI is InChI=1S/C25H48O8/c1-3-4-5-6-7-8-9-10-11-12-13-14-15-16-17-18-20(27)32-25(19-26)23(30)21(28)22(29)24(31-2)33-25/h21-24,26,28-30H,3-19H2,1-2H3/t21-,22+,23-,24+,25?/m1/s1. The molecule has 33 heavy (non-hydrogen) atoms. The van der Waals surface area contributed by atoms with Gasteiger partial charge in [-0.2, -0.15) is 0 Å². The van der Waals surface area contributed by atoms with Gasteiger partial charge >= 0.3 is 5.97 Å². The average Bonchev–Trinajstić information content (AvgIpc) is 2.82. The lowest BCUT2D eigenvalue weighted by molar-refractivity contribution is -0.394. The van der Waals surface area contributed by atoms with Crippen LogP contribution in [0.5, 0.6) is 0 Å². The number of hydrogen-bond donors (Lipinski definition) is 4. The lowest BCUT2D eigenvalue weighted by Crippen LogP contribution is -2.67. The van der Waals surface area contributed by atoms with Crippen molar-refractivity contribution in [1.82, 2.24) is 0 Å². The fraction of sp³-hybridized carbons (Fsp3) is 0.960. The summed E-state index contributed by atoms with van der Waals surface area (Å²) in [4.78, 5) is 12.2. The largest absolute Gasteiger partial charge is 0.427 e. The van der Waals surface area contributed by atoms with Crippen molar-refractivity contribution in [3.05, 3.63) is 0 Å². The Morgan fingerprint density at radius 1 is 0.788 bits per heavy atom. The monoisotopic (exact) mass is 476 g/mol. The van der Waals surface area contributed by atoms with Gasteiger partial charge in [0.2, 0.25) is 0 Å². The van der Waals surface area contributed by atoms with Gasteiger partial charge in [0.15, 0.2) is 12.4 Å². The van der Waals surface area contributed by atoms with Gasteiger partial charge in [-0.25, -0.2) is 0 Å². The van der Waals surface area contributed by atoms with E-state index in [0.29, 0.717) is 6.42 Å². The topological polar surface area (TPSA) is 126 Å². The van der Waals surface area contributed by atoms with Crippen LogP contribution in [0, 0.1) is 0 Å². The minimum atomic E-state index is -2.16. The molecular formula is C25H48O8. The minimum absolute atomic E-state index is 0.117. The molecule has 0 aromatic carbocycles. The molecule has 0 amide bonds. The van der Waals surface area contributed by atoms with Crippen molar-refractivity contribution in [2.75, 3.05) is 13.7 Å². The SMILES string of the molecule is CCCCCCCCCCCCCCCCCC(=O)OC1(CO)O[C@H](OC)[C@@H](O)[C@@H](O)[C@H]1O. The van der Waals surface area contributed by atoms with E-state index in [1.54, 1.807) is 0 Å². The van der Waals surface area contributed by atoms with E-state index in [1.165, 1.54) is 77.7 Å². The van der Waals surface area contributed by atoms with E-state index < -0.39 is 43.0 Å². The maximum Gasteiger partial charge on any atom is 0.308 e. The van der Waals surface area contributed by atoms with Crippen LogP contribution in [0.3, 0.4) is 0 Å². The summed E-state index contributed by atoms with van der Waals surface area (Å²) in [7, 11) is 1.23. The van der Waals surface area contributed by atoms with Crippen molar-refractivity contribution in [3.8, 4) is 0 Å². The molecule has 4 N–H and O–H groups in total. The molecule has 0 spiro atoms. The highest BCUT2D eigenvalue weighted by molar-refractivity contribution is 5.69. The predicted molar refractivity (Wildman–Crippen MR) is 125 cm³/mol. The molecule has 0 saturated carbocycles. The normalized spacial score (nSPS) is 27.6. The van der Waals surface area contributed by atoms with Crippen molar-refractivity contribution < 1.29 is 39.4 Å². The third kappa shape index (κ3) is 11.0. The molecule has 1 aliphatic rings. The Morgan fingerprint density at radius 2 is 1.24 bits per heavy atom. The molecule has 5 atom stereocenters. The van der Waals surface area contributed by atoms with Gasteiger partial charge in [-0.05, 0) is 6.42 Å². The zero-order valence-electron chi connectivity index (χ0n) is 20.8. The summed E-state index contributed by atoms with van der Waals surface area (Å²) in [6, 6.07) is 0. The van der Waals surface area contributed by atoms with Gasteiger partial charge in [-0.1, -0.05) is 96.8 Å². The van der Waals surface area contributed by atoms with Crippen LogP contribution in [-0.4, -0.2) is 70.5 Å². The number of unbranched alkanes of at least 4 members (excludes halogenated alkanes) is 14. The number of carbonyl (C=O) groups is 1. The minimum Gasteiger partial charge on any atom is -0.427 e. The van der Waals surface area contributed by atoms with Crippen molar-refractivity contribution in [1.29, 1.82) is 0 Å². The molecule has 196 valence electrons. The fourth-order valence-corrected chi connectivity index (χ4v) is 4.26. The highest BCUT2D eigenvalue weighted by Gasteiger charge is 2.56. The van der Waals surface area contributed by atoms with Crippen molar-refractivity contribution in [2.24, 2.45) is 0 Å². The molecule has 1 aliphatic heterocycles. The Balaban J connectivity index is 2.09. The molecule has 0 aliphatic carbocycles. The van der Waals surface area contributed by atoms with Crippen LogP contribution in [0.4, 0.5) is 0 Å². The van der Waals surface area contributed by atoms with Crippen molar-refractivity contribution in [3.63, 3.8) is 0 Å². The summed E-state index contributed by atoms with van der Waals surface area (Å²) >= 11 is 0. The highest BCUT2D eigenvalue weighted by Crippen LogP contribution is 2.32. The molecule has 8 nitrogen and oxygen atoms in total. The summed E-state index contributed by atoms with van der Waals surface area (Å²) in [5.41, 5.74) is 0. The zero-order valence-corrected chi connectivity index (χ0v) is 20.8. The smallest absolute Gasteiger partial charge is 0.308 e. The van der Waals surface area contributed by atoms with Gasteiger partial charge in [-0.3, -0.25) is 4.79 Å².